The average molecular weight is 1600 g/mol. The summed E-state index contributed by atoms with van der Waals surface area (Å²) in [5.41, 5.74) is 0. The first kappa shape index (κ1) is 106. The summed E-state index contributed by atoms with van der Waals surface area (Å²) in [6.07, 6.45) is 103. The number of unbranched alkanes of at least 4 members (excludes halogenated alkanes) is 20. The highest BCUT2D eigenvalue weighted by molar-refractivity contribution is 7.47. The van der Waals surface area contributed by atoms with Crippen molar-refractivity contribution in [2.45, 2.75) is 329 Å². The molecule has 0 bridgehead atoms. The van der Waals surface area contributed by atoms with Crippen molar-refractivity contribution in [2.24, 2.45) is 0 Å². The fraction of sp³-hybridized carbons (Fsp3) is 0.613. The largest absolute Gasteiger partial charge is 0.472 e. The monoisotopic (exact) mass is 1600 g/mol. The second-order valence-electron chi connectivity index (χ2n) is 27.7. The van der Waals surface area contributed by atoms with Gasteiger partial charge >= 0.3 is 39.5 Å². The number of rotatable bonds is 78. The maximum Gasteiger partial charge on any atom is 0.472 e. The fourth-order valence-corrected chi connectivity index (χ4v) is 12.1. The van der Waals surface area contributed by atoms with Crippen molar-refractivity contribution >= 4 is 39.5 Å². The van der Waals surface area contributed by atoms with Crippen molar-refractivity contribution in [2.75, 3.05) is 39.6 Å². The summed E-state index contributed by atoms with van der Waals surface area (Å²) >= 11 is 0. The summed E-state index contributed by atoms with van der Waals surface area (Å²) in [5, 5.41) is 10.7. The summed E-state index contributed by atoms with van der Waals surface area (Å²) in [6.45, 7) is 4.48. The molecule has 19 heteroatoms. The molecule has 0 aliphatic heterocycles. The molecule has 112 heavy (non-hydrogen) atoms. The summed E-state index contributed by atoms with van der Waals surface area (Å²) in [5.74, 6) is -2.43. The third-order valence-corrected chi connectivity index (χ3v) is 18.9. The lowest BCUT2D eigenvalue weighted by Gasteiger charge is -2.21. The molecule has 0 aromatic rings. The Morgan fingerprint density at radius 1 is 0.259 bits per heavy atom. The lowest BCUT2D eigenvalue weighted by Crippen LogP contribution is -2.30. The minimum atomic E-state index is -5.02. The van der Waals surface area contributed by atoms with Crippen molar-refractivity contribution < 1.29 is 80.2 Å². The van der Waals surface area contributed by atoms with Crippen LogP contribution in [0.25, 0.3) is 0 Å². The van der Waals surface area contributed by atoms with Crippen molar-refractivity contribution in [3.63, 3.8) is 0 Å². The maximum absolute atomic E-state index is 13.1. The molecule has 0 heterocycles. The number of carbonyl (C=O) groups is 4. The van der Waals surface area contributed by atoms with Crippen LogP contribution in [0.1, 0.15) is 310 Å². The zero-order valence-corrected chi connectivity index (χ0v) is 71.3. The van der Waals surface area contributed by atoms with Crippen LogP contribution in [0.3, 0.4) is 0 Å². The van der Waals surface area contributed by atoms with E-state index >= 15 is 0 Å². The van der Waals surface area contributed by atoms with E-state index in [1.807, 2.05) is 36.5 Å². The zero-order chi connectivity index (χ0) is 81.7. The second-order valence-corrected chi connectivity index (χ2v) is 30.6. The van der Waals surface area contributed by atoms with Crippen molar-refractivity contribution in [1.82, 2.24) is 0 Å². The highest BCUT2D eigenvalue weighted by Crippen LogP contribution is 2.45. The molecule has 0 amide bonds. The summed E-state index contributed by atoms with van der Waals surface area (Å²) in [6, 6.07) is 0. The molecule has 0 spiro atoms. The van der Waals surface area contributed by atoms with Crippen LogP contribution >= 0.6 is 15.6 Å². The van der Waals surface area contributed by atoms with Gasteiger partial charge in [-0.1, -0.05) is 306 Å². The average Bonchev–Trinajstić information content (AvgIpc) is 0.907. The molecule has 0 aromatic carbocycles. The second kappa shape index (κ2) is 82.9. The van der Waals surface area contributed by atoms with Gasteiger partial charge in [0.25, 0.3) is 0 Å². The molecule has 3 N–H and O–H groups in total. The van der Waals surface area contributed by atoms with Gasteiger partial charge in [0.05, 0.1) is 26.4 Å². The third-order valence-electron chi connectivity index (χ3n) is 17.0. The Morgan fingerprint density at radius 3 is 0.821 bits per heavy atom. The Morgan fingerprint density at radius 2 is 0.482 bits per heavy atom. The van der Waals surface area contributed by atoms with E-state index in [9.17, 15) is 43.2 Å². The van der Waals surface area contributed by atoms with Gasteiger partial charge in [0, 0.05) is 25.7 Å². The smallest absolute Gasteiger partial charge is 0.462 e. The van der Waals surface area contributed by atoms with Crippen molar-refractivity contribution in [1.29, 1.82) is 0 Å². The number of hydrogen-bond acceptors (Lipinski definition) is 15. The summed E-state index contributed by atoms with van der Waals surface area (Å²) in [4.78, 5) is 73.2. The lowest BCUT2D eigenvalue weighted by molar-refractivity contribution is -0.161. The highest BCUT2D eigenvalue weighted by Gasteiger charge is 2.30. The molecule has 0 saturated heterocycles. The van der Waals surface area contributed by atoms with Gasteiger partial charge in [-0.15, -0.1) is 0 Å². The van der Waals surface area contributed by atoms with Gasteiger partial charge < -0.3 is 33.8 Å². The molecular formula is C93H150O17P2. The number of ether oxygens (including phenoxy) is 4. The number of aliphatic hydroxyl groups is 1. The molecular weight excluding hydrogens is 1450 g/mol. The van der Waals surface area contributed by atoms with E-state index in [1.165, 1.54) is 77.0 Å². The van der Waals surface area contributed by atoms with E-state index in [2.05, 4.69) is 186 Å². The molecule has 0 rings (SSSR count). The Kier molecular flexibility index (Phi) is 78.4. The van der Waals surface area contributed by atoms with Crippen molar-refractivity contribution in [3.05, 3.63) is 194 Å². The molecule has 0 fully saturated rings. The Bertz CT molecular complexity index is 2890. The number of phosphoric ester groups is 2. The van der Waals surface area contributed by atoms with Crippen LogP contribution < -0.4 is 0 Å². The Labute approximate surface area is 678 Å². The highest BCUT2D eigenvalue weighted by atomic mass is 31.2. The number of hydrogen-bond donors (Lipinski definition) is 3. The predicted molar refractivity (Wildman–Crippen MR) is 463 cm³/mol. The molecule has 0 radical (unpaired) electrons. The summed E-state index contributed by atoms with van der Waals surface area (Å²) in [7, 11) is -10.0. The van der Waals surface area contributed by atoms with Crippen LogP contribution in [0.4, 0.5) is 0 Å². The minimum Gasteiger partial charge on any atom is -0.462 e. The zero-order valence-electron chi connectivity index (χ0n) is 69.5. The van der Waals surface area contributed by atoms with E-state index in [0.717, 1.165) is 141 Å². The predicted octanol–water partition coefficient (Wildman–Crippen LogP) is 25.7. The standard InChI is InChI=1S/C93H150O17P2/c1-5-9-13-17-21-25-29-33-37-40-43-46-50-54-58-62-66-70-74-78-91(96)104-84-89(110-93(98)80-76-72-68-64-60-56-52-48-45-42-39-35-31-27-23-19-15-11-7-3)86-108-112(101,102)106-82-87(94)81-105-111(99,100)107-85-88(83-103-90(95)77-73-69-65-61-57-53-49-36-32-28-24-20-16-12-8-4)109-92(97)79-75-71-67-63-59-55-51-47-44-41-38-34-30-26-22-18-14-10-6-2/h11,15,21-23,25-27,33-39,43-49,54-56,58-60,66-67,70-71,87-89,94H,5-10,12-14,16-20,24,28-32,40-42,50-53,57,61-65,68-69,72-86H2,1-4H3,(H,99,100)(H,101,102)/b15-11-,25-21-,26-22-,27-23-,37-33-,38-34-,39-35-,46-43-,47-44-,48-45-,49-36-,58-54-,59-55-,60-56-,70-66-,71-67-/t87-,88+,89+/m0/s1. The first-order valence-electron chi connectivity index (χ1n) is 42.7. The number of allylic oxidation sites excluding steroid dienone is 32. The van der Waals surface area contributed by atoms with Gasteiger partial charge in [0.1, 0.15) is 19.3 Å². The van der Waals surface area contributed by atoms with Gasteiger partial charge in [0.15, 0.2) is 12.2 Å². The van der Waals surface area contributed by atoms with Crippen LogP contribution in [0, 0.1) is 0 Å². The number of carbonyl (C=O) groups excluding carboxylic acids is 4. The molecule has 2 unspecified atom stereocenters. The van der Waals surface area contributed by atoms with Crippen LogP contribution in [-0.4, -0.2) is 96.7 Å². The van der Waals surface area contributed by atoms with E-state index in [-0.39, 0.29) is 25.7 Å². The van der Waals surface area contributed by atoms with Crippen molar-refractivity contribution in [3.8, 4) is 0 Å². The van der Waals surface area contributed by atoms with Gasteiger partial charge in [0.2, 0.25) is 0 Å². The fourth-order valence-electron chi connectivity index (χ4n) is 10.6. The summed E-state index contributed by atoms with van der Waals surface area (Å²) < 4.78 is 68.6. The molecule has 5 atom stereocenters. The number of phosphoric acid groups is 2. The normalized spacial score (nSPS) is 14.7. The van der Waals surface area contributed by atoms with Crippen LogP contribution in [0.2, 0.25) is 0 Å². The molecule has 17 nitrogen and oxygen atoms in total. The van der Waals surface area contributed by atoms with E-state index in [4.69, 9.17) is 37.0 Å². The topological polar surface area (TPSA) is 237 Å². The van der Waals surface area contributed by atoms with Crippen LogP contribution in [-0.2, 0) is 65.4 Å². The maximum atomic E-state index is 13.1. The quantitative estimate of drug-likeness (QED) is 0.0169. The molecule has 0 saturated carbocycles. The molecule has 634 valence electrons. The first-order valence-corrected chi connectivity index (χ1v) is 45.7. The first-order chi connectivity index (χ1) is 54.7. The van der Waals surface area contributed by atoms with Gasteiger partial charge in [-0.25, -0.2) is 9.13 Å². The van der Waals surface area contributed by atoms with Crippen LogP contribution in [0.15, 0.2) is 194 Å². The van der Waals surface area contributed by atoms with Gasteiger partial charge in [-0.05, 0) is 173 Å². The third kappa shape index (κ3) is 81.9. The molecule has 0 aliphatic rings. The number of esters is 4. The molecule has 0 aliphatic carbocycles. The van der Waals surface area contributed by atoms with E-state index < -0.39 is 97.5 Å². The Balaban J connectivity index is 5.58. The van der Waals surface area contributed by atoms with Gasteiger partial charge in [-0.2, -0.15) is 0 Å². The number of aliphatic hydroxyl groups excluding tert-OH is 1. The van der Waals surface area contributed by atoms with E-state index in [0.29, 0.717) is 38.5 Å². The SMILES string of the molecule is CC/C=C\C/C=C\C/C=C\C/C=C\C/C=C\CCCCCC(=O)O[C@H](COC(=O)CC/C=C\C/C=C\C/C=C\C/C=C\C/C=C\CCCCC)COP(=O)(O)OC[C@@H](O)COP(=O)(O)OC[C@@H](COC(=O)CCCCCCC/C=C\CCCCCCCC)OC(=O)CC/C=C\C/C=C\C/C=C\C/C=C\C/C=C\CCCCC. The minimum absolute atomic E-state index is 0.0206. The molecule has 0 aromatic heterocycles. The Hall–Kier alpha value is -6.10. The van der Waals surface area contributed by atoms with E-state index in [1.54, 1.807) is 0 Å². The van der Waals surface area contributed by atoms with Gasteiger partial charge in [-0.3, -0.25) is 37.3 Å². The lowest BCUT2D eigenvalue weighted by atomic mass is 10.1. The van der Waals surface area contributed by atoms with Crippen LogP contribution in [0.5, 0.6) is 0 Å².